The van der Waals surface area contributed by atoms with Crippen molar-refractivity contribution in [2.24, 2.45) is 5.10 Å². The van der Waals surface area contributed by atoms with Gasteiger partial charge >= 0.3 is 5.97 Å². The second-order valence-corrected chi connectivity index (χ2v) is 10.9. The number of rotatable bonds is 11. The van der Waals surface area contributed by atoms with E-state index in [0.29, 0.717) is 50.6 Å². The Labute approximate surface area is 271 Å². The molecule has 1 amide bonds. The summed E-state index contributed by atoms with van der Waals surface area (Å²) in [5.74, 6) is -0.0191. The first-order chi connectivity index (χ1) is 21.8. The summed E-state index contributed by atoms with van der Waals surface area (Å²) in [6, 6.07) is 25.8. The molecule has 0 aliphatic carbocycles. The summed E-state index contributed by atoms with van der Waals surface area (Å²) in [6.45, 7) is 3.72. The van der Waals surface area contributed by atoms with Crippen LogP contribution in [-0.2, 0) is 20.9 Å². The minimum atomic E-state index is -0.634. The van der Waals surface area contributed by atoms with Crippen molar-refractivity contribution in [1.29, 1.82) is 0 Å². The zero-order valence-electron chi connectivity index (χ0n) is 24.6. The van der Waals surface area contributed by atoms with Crippen molar-refractivity contribution in [3.05, 3.63) is 118 Å². The molecule has 230 valence electrons. The normalized spacial score (nSPS) is 14.6. The van der Waals surface area contributed by atoms with Gasteiger partial charge in [-0.1, -0.05) is 72.3 Å². The maximum atomic E-state index is 12.8. The number of carbonyl (C=O) groups excluding carboxylic acids is 2. The molecule has 11 heteroatoms. The number of amides is 1. The van der Waals surface area contributed by atoms with Crippen molar-refractivity contribution in [2.75, 3.05) is 13.2 Å². The van der Waals surface area contributed by atoms with E-state index in [1.54, 1.807) is 50.2 Å². The Kier molecular flexibility index (Phi) is 10.3. The topological polar surface area (TPSA) is 110 Å². The van der Waals surface area contributed by atoms with Gasteiger partial charge in [0.25, 0.3) is 5.91 Å². The van der Waals surface area contributed by atoms with Crippen molar-refractivity contribution in [3.8, 4) is 11.5 Å². The predicted molar refractivity (Wildman–Crippen MR) is 178 cm³/mol. The van der Waals surface area contributed by atoms with E-state index in [0.717, 1.165) is 16.3 Å². The molecular formula is C34H31ClN4O5S. The Balaban J connectivity index is 1.24. The molecule has 4 aromatic rings. The van der Waals surface area contributed by atoms with Crippen LogP contribution in [0.3, 0.4) is 0 Å². The molecule has 0 radical (unpaired) electrons. The van der Waals surface area contributed by atoms with Crippen molar-refractivity contribution in [1.82, 2.24) is 16.1 Å². The van der Waals surface area contributed by atoms with Crippen LogP contribution in [0.5, 0.6) is 11.5 Å². The summed E-state index contributed by atoms with van der Waals surface area (Å²) in [5.41, 5.74) is 5.68. The number of allylic oxidation sites excluding steroid dienone is 1. The van der Waals surface area contributed by atoms with Gasteiger partial charge in [0, 0.05) is 21.8 Å². The van der Waals surface area contributed by atoms with Crippen LogP contribution in [-0.4, -0.2) is 36.4 Å². The van der Waals surface area contributed by atoms with Gasteiger partial charge in [-0.25, -0.2) is 10.2 Å². The van der Waals surface area contributed by atoms with Crippen LogP contribution in [0.1, 0.15) is 36.6 Å². The predicted octanol–water partition coefficient (Wildman–Crippen LogP) is 5.96. The molecule has 1 atom stereocenters. The van der Waals surface area contributed by atoms with E-state index in [1.807, 2.05) is 30.3 Å². The summed E-state index contributed by atoms with van der Waals surface area (Å²) in [7, 11) is 0. The number of esters is 1. The fourth-order valence-electron chi connectivity index (χ4n) is 4.93. The van der Waals surface area contributed by atoms with Crippen LogP contribution in [0.15, 0.2) is 101 Å². The maximum Gasteiger partial charge on any atom is 0.338 e. The smallest absolute Gasteiger partial charge is 0.338 e. The highest BCUT2D eigenvalue weighted by Gasteiger charge is 2.32. The molecular weight excluding hydrogens is 612 g/mol. The SMILES string of the molecule is CCOC(=O)C1=C(C)NC(=S)N[C@@H]1c1ccccc1OCC(=O)NN=Cc1cc(Cl)ccc1OCc1cccc2ccccc12. The Bertz CT molecular complexity index is 1800. The molecule has 0 saturated heterocycles. The molecule has 0 bridgehead atoms. The van der Waals surface area contributed by atoms with Crippen LogP contribution in [0, 0.1) is 0 Å². The van der Waals surface area contributed by atoms with Crippen molar-refractivity contribution >= 4 is 57.8 Å². The van der Waals surface area contributed by atoms with E-state index in [1.165, 1.54) is 6.21 Å². The molecule has 9 nitrogen and oxygen atoms in total. The monoisotopic (exact) mass is 642 g/mol. The minimum Gasteiger partial charge on any atom is -0.488 e. The lowest BCUT2D eigenvalue weighted by Crippen LogP contribution is -2.45. The third-order valence-electron chi connectivity index (χ3n) is 6.98. The van der Waals surface area contributed by atoms with Gasteiger partial charge in [0.1, 0.15) is 18.1 Å². The number of nitrogens with zero attached hydrogens (tertiary/aromatic N) is 1. The largest absolute Gasteiger partial charge is 0.488 e. The fourth-order valence-corrected chi connectivity index (χ4v) is 5.38. The zero-order chi connectivity index (χ0) is 31.8. The highest BCUT2D eigenvalue weighted by Crippen LogP contribution is 2.33. The highest BCUT2D eigenvalue weighted by atomic mass is 35.5. The molecule has 0 spiro atoms. The molecule has 3 N–H and O–H groups in total. The molecule has 4 aromatic carbocycles. The Morgan fingerprint density at radius 3 is 2.62 bits per heavy atom. The number of halogens is 1. The highest BCUT2D eigenvalue weighted by molar-refractivity contribution is 7.80. The number of benzene rings is 4. The van der Waals surface area contributed by atoms with Crippen molar-refractivity contribution in [2.45, 2.75) is 26.5 Å². The average Bonchev–Trinajstić information content (AvgIpc) is 3.03. The van der Waals surface area contributed by atoms with E-state index in [9.17, 15) is 9.59 Å². The van der Waals surface area contributed by atoms with Gasteiger partial charge in [-0.3, -0.25) is 4.79 Å². The lowest BCUT2D eigenvalue weighted by atomic mass is 9.95. The van der Waals surface area contributed by atoms with Crippen LogP contribution >= 0.6 is 23.8 Å². The molecule has 1 heterocycles. The van der Waals surface area contributed by atoms with E-state index in [-0.39, 0.29) is 13.2 Å². The number of para-hydroxylation sites is 1. The molecule has 0 fully saturated rings. The van der Waals surface area contributed by atoms with Gasteiger partial charge in [-0.2, -0.15) is 5.10 Å². The number of thiocarbonyl (C=S) groups is 1. The number of carbonyl (C=O) groups is 2. The van der Waals surface area contributed by atoms with Gasteiger partial charge in [0.15, 0.2) is 11.7 Å². The van der Waals surface area contributed by atoms with Crippen LogP contribution in [0.2, 0.25) is 5.02 Å². The first-order valence-corrected chi connectivity index (χ1v) is 15.0. The molecule has 1 aliphatic rings. The van der Waals surface area contributed by atoms with E-state index in [2.05, 4.69) is 39.4 Å². The van der Waals surface area contributed by atoms with Crippen LogP contribution in [0.4, 0.5) is 0 Å². The fraction of sp³-hybridized carbons (Fsp3) is 0.176. The number of ether oxygens (including phenoxy) is 3. The number of fused-ring (bicyclic) bond motifs is 1. The van der Waals surface area contributed by atoms with Crippen molar-refractivity contribution < 1.29 is 23.8 Å². The summed E-state index contributed by atoms with van der Waals surface area (Å²) in [4.78, 5) is 25.5. The third kappa shape index (κ3) is 7.78. The molecule has 5 rings (SSSR count). The summed E-state index contributed by atoms with van der Waals surface area (Å²) < 4.78 is 17.3. The quantitative estimate of drug-likeness (QED) is 0.0796. The molecule has 0 unspecified atom stereocenters. The van der Waals surface area contributed by atoms with E-state index < -0.39 is 17.9 Å². The van der Waals surface area contributed by atoms with Gasteiger partial charge in [-0.05, 0) is 66.7 Å². The molecule has 1 aliphatic heterocycles. The zero-order valence-corrected chi connectivity index (χ0v) is 26.2. The summed E-state index contributed by atoms with van der Waals surface area (Å²) in [5, 5.41) is 13.3. The molecule has 45 heavy (non-hydrogen) atoms. The van der Waals surface area contributed by atoms with Gasteiger partial charge < -0.3 is 24.8 Å². The minimum absolute atomic E-state index is 0.221. The Hall–Kier alpha value is -4.93. The number of hydrogen-bond donors (Lipinski definition) is 3. The lowest BCUT2D eigenvalue weighted by Gasteiger charge is -2.30. The number of hydrogen-bond acceptors (Lipinski definition) is 7. The van der Waals surface area contributed by atoms with Gasteiger partial charge in [-0.15, -0.1) is 0 Å². The molecule has 0 aromatic heterocycles. The number of hydrazone groups is 1. The Morgan fingerprint density at radius 1 is 1.00 bits per heavy atom. The first kappa shape index (κ1) is 31.5. The first-order valence-electron chi connectivity index (χ1n) is 14.2. The van der Waals surface area contributed by atoms with Gasteiger partial charge in [0.05, 0.1) is 24.4 Å². The van der Waals surface area contributed by atoms with Crippen LogP contribution in [0.25, 0.3) is 10.8 Å². The summed E-state index contributed by atoms with van der Waals surface area (Å²) in [6.07, 6.45) is 1.47. The maximum absolute atomic E-state index is 12.8. The molecule has 0 saturated carbocycles. The lowest BCUT2D eigenvalue weighted by molar-refractivity contribution is -0.139. The third-order valence-corrected chi connectivity index (χ3v) is 7.44. The van der Waals surface area contributed by atoms with Crippen molar-refractivity contribution in [3.63, 3.8) is 0 Å². The standard InChI is InChI=1S/C34H31ClN4O5S/c1-3-42-33(41)31-21(2)37-34(45)38-32(31)27-13-6-7-14-29(27)44-20-30(40)39-36-18-24-17-25(35)15-16-28(24)43-19-23-11-8-10-22-9-4-5-12-26(22)23/h4-18,32H,3,19-20H2,1-2H3,(H,39,40)(H2,37,38,45)/t32-/m1/s1. The second-order valence-electron chi connectivity index (χ2n) is 10.0. The van der Waals surface area contributed by atoms with E-state index in [4.69, 9.17) is 38.0 Å². The Morgan fingerprint density at radius 2 is 1.78 bits per heavy atom. The second kappa shape index (κ2) is 14.7. The van der Waals surface area contributed by atoms with Crippen LogP contribution < -0.4 is 25.5 Å². The number of nitrogens with one attached hydrogen (secondary N) is 3. The van der Waals surface area contributed by atoms with E-state index >= 15 is 0 Å². The average molecular weight is 643 g/mol. The van der Waals surface area contributed by atoms with Gasteiger partial charge in [0.2, 0.25) is 0 Å². The summed E-state index contributed by atoms with van der Waals surface area (Å²) >= 11 is 11.6.